The monoisotopic (exact) mass is 285 g/mol. The number of aromatic nitrogens is 4. The molecule has 0 N–H and O–H groups in total. The molecule has 20 heavy (non-hydrogen) atoms. The number of fused-ring (bicyclic) bond motifs is 1. The van der Waals surface area contributed by atoms with E-state index in [0.717, 1.165) is 23.4 Å². The fourth-order valence-corrected chi connectivity index (χ4v) is 3.72. The zero-order valence-electron chi connectivity index (χ0n) is 11.2. The van der Waals surface area contributed by atoms with Crippen LogP contribution in [-0.2, 0) is 7.05 Å². The van der Waals surface area contributed by atoms with Crippen molar-refractivity contribution in [3.05, 3.63) is 34.9 Å². The van der Waals surface area contributed by atoms with E-state index >= 15 is 0 Å². The molecule has 0 saturated carbocycles. The number of hydrogen-bond donors (Lipinski definition) is 0. The van der Waals surface area contributed by atoms with Crippen LogP contribution in [-0.4, -0.2) is 26.3 Å². The van der Waals surface area contributed by atoms with Crippen molar-refractivity contribution in [1.82, 2.24) is 19.7 Å². The van der Waals surface area contributed by atoms with Crippen molar-refractivity contribution in [2.75, 3.05) is 11.4 Å². The summed E-state index contributed by atoms with van der Waals surface area (Å²) in [5.74, 6) is 1.01. The Morgan fingerprint density at radius 3 is 3.15 bits per heavy atom. The normalized spacial score (nSPS) is 19.1. The van der Waals surface area contributed by atoms with E-state index in [2.05, 4.69) is 36.8 Å². The lowest BCUT2D eigenvalue weighted by atomic mass is 10.1. The molecule has 0 spiro atoms. The van der Waals surface area contributed by atoms with Gasteiger partial charge >= 0.3 is 0 Å². The van der Waals surface area contributed by atoms with Crippen molar-refractivity contribution >= 4 is 28.2 Å². The molecule has 6 heteroatoms. The second kappa shape index (κ2) is 4.56. The summed E-state index contributed by atoms with van der Waals surface area (Å²) >= 11 is 1.76. The van der Waals surface area contributed by atoms with Crippen LogP contribution in [0.15, 0.2) is 29.4 Å². The molecule has 0 aromatic carbocycles. The molecule has 0 amide bonds. The smallest absolute Gasteiger partial charge is 0.163 e. The number of aryl methyl sites for hydroxylation is 1. The Kier molecular flexibility index (Phi) is 2.70. The van der Waals surface area contributed by atoms with Crippen molar-refractivity contribution in [2.45, 2.75) is 18.9 Å². The molecule has 1 saturated heterocycles. The van der Waals surface area contributed by atoms with Crippen molar-refractivity contribution in [3.8, 4) is 0 Å². The van der Waals surface area contributed by atoms with E-state index in [1.165, 1.54) is 18.4 Å². The standard InChI is InChI=1S/C14H15N5S/c1-18-13-11(7-17-18)14(16-9-15-13)19-5-2-3-12(19)10-4-6-20-8-10/h4,6-9,12H,2-3,5H2,1H3/t12-/m0/s1. The predicted octanol–water partition coefficient (Wildman–Crippen LogP) is 2.77. The molecule has 3 aromatic heterocycles. The highest BCUT2D eigenvalue weighted by Crippen LogP contribution is 2.38. The van der Waals surface area contributed by atoms with E-state index in [1.54, 1.807) is 22.3 Å². The third-order valence-electron chi connectivity index (χ3n) is 3.96. The van der Waals surface area contributed by atoms with Gasteiger partial charge in [-0.3, -0.25) is 4.68 Å². The van der Waals surface area contributed by atoms with Gasteiger partial charge in [0.2, 0.25) is 0 Å². The fraction of sp³-hybridized carbons (Fsp3) is 0.357. The van der Waals surface area contributed by atoms with Gasteiger partial charge in [0, 0.05) is 13.6 Å². The lowest BCUT2D eigenvalue weighted by molar-refractivity contribution is 0.716. The van der Waals surface area contributed by atoms with Gasteiger partial charge < -0.3 is 4.90 Å². The first-order chi connectivity index (χ1) is 9.84. The van der Waals surface area contributed by atoms with E-state index in [-0.39, 0.29) is 0 Å². The molecule has 0 aliphatic carbocycles. The topological polar surface area (TPSA) is 46.8 Å². The van der Waals surface area contributed by atoms with Crippen LogP contribution in [0.3, 0.4) is 0 Å². The Labute approximate surface area is 120 Å². The van der Waals surface area contributed by atoms with Gasteiger partial charge in [-0.15, -0.1) is 0 Å². The molecule has 5 nitrogen and oxygen atoms in total. The Morgan fingerprint density at radius 2 is 2.30 bits per heavy atom. The van der Waals surface area contributed by atoms with Crippen LogP contribution < -0.4 is 4.90 Å². The van der Waals surface area contributed by atoms with E-state index < -0.39 is 0 Å². The van der Waals surface area contributed by atoms with Crippen molar-refractivity contribution in [3.63, 3.8) is 0 Å². The molecule has 3 aromatic rings. The van der Waals surface area contributed by atoms with Crippen molar-refractivity contribution < 1.29 is 0 Å². The largest absolute Gasteiger partial charge is 0.349 e. The fourth-order valence-electron chi connectivity index (χ4n) is 3.01. The molecule has 1 atom stereocenters. The summed E-state index contributed by atoms with van der Waals surface area (Å²) in [6.45, 7) is 1.04. The molecule has 0 bridgehead atoms. The minimum atomic E-state index is 0.430. The molecule has 0 unspecified atom stereocenters. The lowest BCUT2D eigenvalue weighted by Crippen LogP contribution is -2.23. The maximum Gasteiger partial charge on any atom is 0.163 e. The average Bonchev–Trinajstić information content (AvgIpc) is 3.18. The van der Waals surface area contributed by atoms with E-state index in [4.69, 9.17) is 0 Å². The lowest BCUT2D eigenvalue weighted by Gasteiger charge is -2.25. The summed E-state index contributed by atoms with van der Waals surface area (Å²) in [5, 5.41) is 9.73. The Bertz CT molecular complexity index is 733. The van der Waals surface area contributed by atoms with Crippen LogP contribution in [0, 0.1) is 0 Å². The third kappa shape index (κ3) is 1.71. The second-order valence-corrected chi connectivity index (χ2v) is 5.89. The van der Waals surface area contributed by atoms with Gasteiger partial charge in [0.25, 0.3) is 0 Å². The predicted molar refractivity (Wildman–Crippen MR) is 79.9 cm³/mol. The van der Waals surface area contributed by atoms with Gasteiger partial charge in [0.1, 0.15) is 12.1 Å². The first-order valence-electron chi connectivity index (χ1n) is 6.76. The summed E-state index contributed by atoms with van der Waals surface area (Å²) < 4.78 is 1.80. The number of nitrogens with zero attached hydrogens (tertiary/aromatic N) is 5. The molecule has 1 aliphatic heterocycles. The zero-order valence-corrected chi connectivity index (χ0v) is 12.0. The molecule has 4 heterocycles. The quantitative estimate of drug-likeness (QED) is 0.726. The minimum Gasteiger partial charge on any atom is -0.349 e. The van der Waals surface area contributed by atoms with Gasteiger partial charge in [-0.1, -0.05) is 0 Å². The van der Waals surface area contributed by atoms with Gasteiger partial charge in [0.05, 0.1) is 17.6 Å². The molecular formula is C14H15N5S. The third-order valence-corrected chi connectivity index (χ3v) is 4.66. The Hall–Kier alpha value is -1.95. The van der Waals surface area contributed by atoms with Crippen LogP contribution in [0.1, 0.15) is 24.4 Å². The molecule has 1 fully saturated rings. The zero-order chi connectivity index (χ0) is 13.5. The summed E-state index contributed by atoms with van der Waals surface area (Å²) in [7, 11) is 1.92. The van der Waals surface area contributed by atoms with Gasteiger partial charge in [-0.05, 0) is 35.2 Å². The van der Waals surface area contributed by atoms with E-state index in [0.29, 0.717) is 6.04 Å². The maximum absolute atomic E-state index is 4.53. The van der Waals surface area contributed by atoms with Gasteiger partial charge in [-0.25, -0.2) is 9.97 Å². The summed E-state index contributed by atoms with van der Waals surface area (Å²) in [6, 6.07) is 2.65. The molecule has 102 valence electrons. The van der Waals surface area contributed by atoms with E-state index in [9.17, 15) is 0 Å². The molecule has 4 rings (SSSR count). The van der Waals surface area contributed by atoms with Crippen LogP contribution in [0.25, 0.3) is 11.0 Å². The highest BCUT2D eigenvalue weighted by Gasteiger charge is 2.29. The molecule has 0 radical (unpaired) electrons. The van der Waals surface area contributed by atoms with Crippen molar-refractivity contribution in [2.24, 2.45) is 7.05 Å². The first kappa shape index (κ1) is 11.8. The van der Waals surface area contributed by atoms with Crippen LogP contribution in [0.5, 0.6) is 0 Å². The van der Waals surface area contributed by atoms with E-state index in [1.807, 2.05) is 13.2 Å². The first-order valence-corrected chi connectivity index (χ1v) is 7.70. The highest BCUT2D eigenvalue weighted by molar-refractivity contribution is 7.08. The van der Waals surface area contributed by atoms with Crippen LogP contribution in [0.4, 0.5) is 5.82 Å². The Morgan fingerprint density at radius 1 is 1.35 bits per heavy atom. The molecule has 1 aliphatic rings. The molecular weight excluding hydrogens is 270 g/mol. The summed E-state index contributed by atoms with van der Waals surface area (Å²) in [5.41, 5.74) is 2.29. The average molecular weight is 285 g/mol. The van der Waals surface area contributed by atoms with Crippen molar-refractivity contribution in [1.29, 1.82) is 0 Å². The SMILES string of the molecule is Cn1ncc2c(N3CCC[C@H]3c3ccsc3)ncnc21. The van der Waals surface area contributed by atoms with Gasteiger partial charge in [-0.2, -0.15) is 16.4 Å². The Balaban J connectivity index is 1.82. The summed E-state index contributed by atoms with van der Waals surface area (Å²) in [6.07, 6.45) is 5.89. The van der Waals surface area contributed by atoms with Gasteiger partial charge in [0.15, 0.2) is 5.65 Å². The number of rotatable bonds is 2. The highest BCUT2D eigenvalue weighted by atomic mass is 32.1. The number of thiophene rings is 1. The number of hydrogen-bond acceptors (Lipinski definition) is 5. The second-order valence-electron chi connectivity index (χ2n) is 5.11. The maximum atomic E-state index is 4.53. The minimum absolute atomic E-state index is 0.430. The van der Waals surface area contributed by atoms with Crippen LogP contribution in [0.2, 0.25) is 0 Å². The summed E-state index contributed by atoms with van der Waals surface area (Å²) in [4.78, 5) is 11.2. The number of anilines is 1. The van der Waals surface area contributed by atoms with Crippen LogP contribution >= 0.6 is 11.3 Å².